The number of hydrogen-bond donors (Lipinski definition) is 2. The Labute approximate surface area is 224 Å². The fraction of sp³-hybridized carbons (Fsp3) is 0.0938. The van der Waals surface area contributed by atoms with Crippen LogP contribution in [0.3, 0.4) is 0 Å². The van der Waals surface area contributed by atoms with Crippen LogP contribution in [0.2, 0.25) is 0 Å². The lowest BCUT2D eigenvalue weighted by atomic mass is 9.96. The van der Waals surface area contributed by atoms with E-state index in [4.69, 9.17) is 10.8 Å². The average Bonchev–Trinajstić information content (AvgIpc) is 3.53. The van der Waals surface area contributed by atoms with E-state index >= 15 is 0 Å². The van der Waals surface area contributed by atoms with Gasteiger partial charge in [-0.1, -0.05) is 66.7 Å². The van der Waals surface area contributed by atoms with Gasteiger partial charge in [-0.15, -0.1) is 0 Å². The normalized spacial score (nSPS) is 12.2. The van der Waals surface area contributed by atoms with Gasteiger partial charge in [0, 0.05) is 46.9 Å². The van der Waals surface area contributed by atoms with Gasteiger partial charge in [0.25, 0.3) is 5.91 Å². The van der Waals surface area contributed by atoms with E-state index in [1.165, 1.54) is 0 Å². The molecule has 1 amide bonds. The summed E-state index contributed by atoms with van der Waals surface area (Å²) in [6.07, 6.45) is 3.07. The van der Waals surface area contributed by atoms with Crippen LogP contribution >= 0.6 is 0 Å². The second-order valence-electron chi connectivity index (χ2n) is 9.40. The number of aromatic nitrogens is 3. The van der Waals surface area contributed by atoms with E-state index in [0.717, 1.165) is 32.9 Å². The summed E-state index contributed by atoms with van der Waals surface area (Å²) in [6.45, 7) is 0.469. The molecule has 6 rings (SSSR count). The van der Waals surface area contributed by atoms with Gasteiger partial charge in [-0.2, -0.15) is 5.10 Å². The maximum absolute atomic E-state index is 13.0. The Balaban J connectivity index is 1.61. The molecule has 6 aromatic rings. The number of nitrogens with two attached hydrogens (primary N) is 1. The molecule has 0 fully saturated rings. The quantitative estimate of drug-likeness (QED) is 0.218. The van der Waals surface area contributed by atoms with E-state index in [-0.39, 0.29) is 17.8 Å². The van der Waals surface area contributed by atoms with Gasteiger partial charge in [-0.3, -0.25) is 14.3 Å². The number of aryl methyl sites for hydroxylation is 1. The van der Waals surface area contributed by atoms with Gasteiger partial charge in [0.05, 0.1) is 16.6 Å². The molecule has 0 atom stereocenters. The summed E-state index contributed by atoms with van der Waals surface area (Å²) in [5.74, 6) is -0.739. The predicted molar refractivity (Wildman–Crippen MR) is 154 cm³/mol. The first-order valence-corrected chi connectivity index (χ1v) is 12.8. The van der Waals surface area contributed by atoms with Crippen molar-refractivity contribution in [2.75, 3.05) is 6.61 Å². The Hall–Kier alpha value is -5.01. The molecular formula is C32H26N4O3. The molecule has 0 saturated carbocycles. The van der Waals surface area contributed by atoms with E-state index in [1.807, 2.05) is 77.5 Å². The highest BCUT2D eigenvalue weighted by molar-refractivity contribution is 6.37. The Bertz CT molecular complexity index is 1910. The third kappa shape index (κ3) is 4.19. The van der Waals surface area contributed by atoms with E-state index in [9.17, 15) is 14.7 Å². The monoisotopic (exact) mass is 514 g/mol. The van der Waals surface area contributed by atoms with Crippen LogP contribution < -0.4 is 5.73 Å². The average molecular weight is 515 g/mol. The fourth-order valence-electron chi connectivity index (χ4n) is 5.27. The molecule has 192 valence electrons. The minimum absolute atomic E-state index is 0.00982. The molecule has 2 aromatic heterocycles. The zero-order chi connectivity index (χ0) is 26.9. The molecule has 0 spiro atoms. The van der Waals surface area contributed by atoms with Crippen molar-refractivity contribution in [3.63, 3.8) is 0 Å². The number of aliphatic hydroxyl groups excluding tert-OH is 1. The number of primary amides is 1. The summed E-state index contributed by atoms with van der Waals surface area (Å²) in [7, 11) is 0. The van der Waals surface area contributed by atoms with Crippen molar-refractivity contribution in [3.8, 4) is 5.69 Å². The molecule has 0 bridgehead atoms. The molecule has 3 N–H and O–H groups in total. The minimum atomic E-state index is -0.739. The number of carbonyl (C=O) groups is 2. The lowest BCUT2D eigenvalue weighted by Gasteiger charge is -2.07. The summed E-state index contributed by atoms with van der Waals surface area (Å²) in [5, 5.41) is 17.8. The zero-order valence-electron chi connectivity index (χ0n) is 21.1. The number of aldehydes is 1. The van der Waals surface area contributed by atoms with Crippen LogP contribution in [-0.4, -0.2) is 38.3 Å². The van der Waals surface area contributed by atoms with Crippen molar-refractivity contribution >= 4 is 55.9 Å². The first-order chi connectivity index (χ1) is 19.1. The van der Waals surface area contributed by atoms with Crippen LogP contribution in [0.25, 0.3) is 49.4 Å². The van der Waals surface area contributed by atoms with Crippen molar-refractivity contribution in [1.29, 1.82) is 0 Å². The van der Waals surface area contributed by atoms with Crippen LogP contribution in [0.5, 0.6) is 0 Å². The molecule has 4 aromatic carbocycles. The maximum Gasteiger partial charge on any atom is 0.251 e. The Kier molecular flexibility index (Phi) is 6.26. The molecule has 0 aliphatic carbocycles. The smallest absolute Gasteiger partial charge is 0.251 e. The minimum Gasteiger partial charge on any atom is -0.396 e. The molecule has 7 nitrogen and oxygen atoms in total. The number of amides is 1. The van der Waals surface area contributed by atoms with Crippen molar-refractivity contribution in [1.82, 2.24) is 14.3 Å². The van der Waals surface area contributed by atoms with Crippen LogP contribution in [0, 0.1) is 0 Å². The van der Waals surface area contributed by atoms with Crippen molar-refractivity contribution < 1.29 is 14.7 Å². The molecule has 0 saturated heterocycles. The number of carbonyl (C=O) groups excluding carboxylic acids is 2. The van der Waals surface area contributed by atoms with E-state index in [2.05, 4.69) is 24.3 Å². The summed E-state index contributed by atoms with van der Waals surface area (Å²) < 4.78 is 3.77. The topological polar surface area (TPSA) is 103 Å². The highest BCUT2D eigenvalue weighted by Gasteiger charge is 2.25. The van der Waals surface area contributed by atoms with Gasteiger partial charge < -0.3 is 15.4 Å². The highest BCUT2D eigenvalue weighted by Crippen LogP contribution is 2.35. The Morgan fingerprint density at radius 2 is 1.56 bits per heavy atom. The number of hydrogen-bond acceptors (Lipinski definition) is 4. The third-order valence-corrected chi connectivity index (χ3v) is 7.07. The molecule has 2 heterocycles. The first kappa shape index (κ1) is 24.3. The van der Waals surface area contributed by atoms with Crippen LogP contribution in [0.1, 0.15) is 17.7 Å². The molecule has 0 aliphatic heterocycles. The standard InChI is InChI=1S/C32H26N4O3/c33-32(39)30(31-25-11-4-6-13-29(25)36(34-31)16-7-17-37)27(20-38)26-19-35(28-12-5-3-10-24(26)28)23-15-14-21-8-1-2-9-22(21)18-23/h1-6,8-15,18-20,37H,7,16-17H2,(H2,33,39)/b30-27+. The van der Waals surface area contributed by atoms with E-state index in [1.54, 1.807) is 4.68 Å². The van der Waals surface area contributed by atoms with Gasteiger partial charge in [-0.05, 0) is 41.5 Å². The van der Waals surface area contributed by atoms with Gasteiger partial charge in [-0.25, -0.2) is 0 Å². The Morgan fingerprint density at radius 1 is 0.872 bits per heavy atom. The van der Waals surface area contributed by atoms with Crippen LogP contribution in [-0.2, 0) is 16.1 Å². The lowest BCUT2D eigenvalue weighted by molar-refractivity contribution is -0.113. The van der Waals surface area contributed by atoms with Crippen LogP contribution in [0.15, 0.2) is 97.2 Å². The summed E-state index contributed by atoms with van der Waals surface area (Å²) in [6, 6.07) is 29.6. The largest absolute Gasteiger partial charge is 0.396 e. The number of benzene rings is 4. The first-order valence-electron chi connectivity index (χ1n) is 12.8. The number of aliphatic hydroxyl groups is 1. The molecule has 0 radical (unpaired) electrons. The summed E-state index contributed by atoms with van der Waals surface area (Å²) in [5.41, 5.74) is 9.75. The molecular weight excluding hydrogens is 488 g/mol. The molecule has 0 aliphatic rings. The number of allylic oxidation sites excluding steroid dienone is 1. The Morgan fingerprint density at radius 3 is 2.31 bits per heavy atom. The van der Waals surface area contributed by atoms with E-state index < -0.39 is 5.91 Å². The summed E-state index contributed by atoms with van der Waals surface area (Å²) >= 11 is 0. The third-order valence-electron chi connectivity index (χ3n) is 7.07. The molecule has 7 heteroatoms. The fourth-order valence-corrected chi connectivity index (χ4v) is 5.27. The lowest BCUT2D eigenvalue weighted by Crippen LogP contribution is -2.16. The highest BCUT2D eigenvalue weighted by atomic mass is 16.3. The second-order valence-corrected chi connectivity index (χ2v) is 9.40. The molecule has 39 heavy (non-hydrogen) atoms. The predicted octanol–water partition coefficient (Wildman–Crippen LogP) is 5.11. The number of fused-ring (bicyclic) bond motifs is 3. The SMILES string of the molecule is NC(=O)/C(=C(\C=O)c1cn(-c2ccc3ccccc3c2)c2ccccc12)c1nn(CCCO)c2ccccc12. The summed E-state index contributed by atoms with van der Waals surface area (Å²) in [4.78, 5) is 25.8. The number of nitrogens with zero attached hydrogens (tertiary/aromatic N) is 3. The number of rotatable bonds is 8. The maximum atomic E-state index is 13.0. The second kappa shape index (κ2) is 10.0. The zero-order valence-corrected chi connectivity index (χ0v) is 21.1. The van der Waals surface area contributed by atoms with Gasteiger partial charge in [0.1, 0.15) is 5.69 Å². The van der Waals surface area contributed by atoms with Crippen molar-refractivity contribution in [2.45, 2.75) is 13.0 Å². The van der Waals surface area contributed by atoms with E-state index in [0.29, 0.717) is 35.9 Å². The number of para-hydroxylation sites is 2. The van der Waals surface area contributed by atoms with Gasteiger partial charge >= 0.3 is 0 Å². The van der Waals surface area contributed by atoms with Gasteiger partial charge in [0.15, 0.2) is 6.29 Å². The van der Waals surface area contributed by atoms with Crippen molar-refractivity contribution in [2.24, 2.45) is 5.73 Å². The van der Waals surface area contributed by atoms with Crippen LogP contribution in [0.4, 0.5) is 0 Å². The van der Waals surface area contributed by atoms with Crippen molar-refractivity contribution in [3.05, 3.63) is 108 Å². The van der Waals surface area contributed by atoms with Gasteiger partial charge in [0.2, 0.25) is 0 Å². The molecule has 0 unspecified atom stereocenters.